The van der Waals surface area contributed by atoms with Crippen LogP contribution in [0.15, 0.2) is 24.3 Å². The molecule has 0 spiro atoms. The maximum atomic E-state index is 6.25. The van der Waals surface area contributed by atoms with Gasteiger partial charge in [-0.3, -0.25) is 0 Å². The summed E-state index contributed by atoms with van der Waals surface area (Å²) < 4.78 is 6.25. The lowest BCUT2D eigenvalue weighted by molar-refractivity contribution is 0.0152. The highest BCUT2D eigenvalue weighted by molar-refractivity contribution is 5.32. The molecule has 2 aliphatic carbocycles. The van der Waals surface area contributed by atoms with Crippen LogP contribution in [0.25, 0.3) is 0 Å². The highest BCUT2D eigenvalue weighted by atomic mass is 16.5. The lowest BCUT2D eigenvalue weighted by atomic mass is 9.97. The molecule has 2 unspecified atom stereocenters. The molecular weight excluding hydrogens is 234 g/mol. The van der Waals surface area contributed by atoms with Crippen LogP contribution in [0.4, 0.5) is 0 Å². The van der Waals surface area contributed by atoms with E-state index in [1.165, 1.54) is 43.2 Å². The summed E-state index contributed by atoms with van der Waals surface area (Å²) in [6.07, 6.45) is 6.71. The summed E-state index contributed by atoms with van der Waals surface area (Å²) in [5, 5.41) is 3.65. The zero-order valence-electron chi connectivity index (χ0n) is 11.9. The van der Waals surface area contributed by atoms with Crippen LogP contribution >= 0.6 is 0 Å². The Morgan fingerprint density at radius 2 is 2.05 bits per heavy atom. The topological polar surface area (TPSA) is 21.3 Å². The van der Waals surface area contributed by atoms with Crippen molar-refractivity contribution >= 4 is 0 Å². The van der Waals surface area contributed by atoms with Crippen LogP contribution in [0, 0.1) is 5.92 Å². The van der Waals surface area contributed by atoms with Gasteiger partial charge in [0.2, 0.25) is 0 Å². The van der Waals surface area contributed by atoms with Crippen LogP contribution in [-0.2, 0) is 11.2 Å². The Morgan fingerprint density at radius 1 is 1.21 bits per heavy atom. The summed E-state index contributed by atoms with van der Waals surface area (Å²) in [4.78, 5) is 0. The third-order valence-electron chi connectivity index (χ3n) is 4.36. The van der Waals surface area contributed by atoms with Crippen molar-refractivity contribution < 1.29 is 4.74 Å². The van der Waals surface area contributed by atoms with Gasteiger partial charge in [-0.05, 0) is 55.7 Å². The molecule has 0 aromatic heterocycles. The normalized spacial score (nSPS) is 26.8. The Labute approximate surface area is 116 Å². The van der Waals surface area contributed by atoms with E-state index in [9.17, 15) is 0 Å². The van der Waals surface area contributed by atoms with Crippen LogP contribution in [0.2, 0.25) is 0 Å². The highest BCUT2D eigenvalue weighted by Crippen LogP contribution is 2.34. The van der Waals surface area contributed by atoms with Crippen molar-refractivity contribution in [2.45, 2.75) is 51.2 Å². The first-order valence-corrected chi connectivity index (χ1v) is 7.81. The summed E-state index contributed by atoms with van der Waals surface area (Å²) in [7, 11) is 0. The average molecular weight is 259 g/mol. The summed E-state index contributed by atoms with van der Waals surface area (Å²) in [5.41, 5.74) is 2.97. The van der Waals surface area contributed by atoms with Crippen molar-refractivity contribution in [3.05, 3.63) is 35.4 Å². The highest BCUT2D eigenvalue weighted by Gasteiger charge is 2.30. The summed E-state index contributed by atoms with van der Waals surface area (Å²) in [5.74, 6) is 0.848. The van der Waals surface area contributed by atoms with Crippen LogP contribution < -0.4 is 5.32 Å². The second-order valence-electron chi connectivity index (χ2n) is 5.94. The molecule has 0 radical (unpaired) electrons. The van der Waals surface area contributed by atoms with E-state index < -0.39 is 0 Å². The molecule has 0 bridgehead atoms. The number of fused-ring (bicyclic) bond motifs is 1. The molecule has 1 N–H and O–H groups in total. The molecule has 1 aromatic rings. The molecule has 2 atom stereocenters. The molecule has 2 heteroatoms. The Morgan fingerprint density at radius 3 is 2.84 bits per heavy atom. The quantitative estimate of drug-likeness (QED) is 0.818. The molecule has 1 saturated carbocycles. The number of nitrogens with one attached hydrogen (secondary N) is 1. The van der Waals surface area contributed by atoms with Crippen molar-refractivity contribution in [2.75, 3.05) is 13.2 Å². The van der Waals surface area contributed by atoms with E-state index in [4.69, 9.17) is 4.74 Å². The number of rotatable bonds is 5. The van der Waals surface area contributed by atoms with E-state index in [2.05, 4.69) is 36.5 Å². The minimum absolute atomic E-state index is 0.351. The summed E-state index contributed by atoms with van der Waals surface area (Å²) in [6, 6.07) is 9.26. The van der Waals surface area contributed by atoms with Crippen molar-refractivity contribution in [3.8, 4) is 0 Å². The molecule has 0 saturated heterocycles. The predicted molar refractivity (Wildman–Crippen MR) is 78.3 cm³/mol. The lowest BCUT2D eigenvalue weighted by Crippen LogP contribution is -2.34. The van der Waals surface area contributed by atoms with Gasteiger partial charge in [0.1, 0.15) is 0 Å². The van der Waals surface area contributed by atoms with Gasteiger partial charge in [-0.15, -0.1) is 0 Å². The van der Waals surface area contributed by atoms with Gasteiger partial charge < -0.3 is 10.1 Å². The molecule has 0 amide bonds. The molecule has 1 aromatic carbocycles. The van der Waals surface area contributed by atoms with Gasteiger partial charge in [-0.25, -0.2) is 0 Å². The lowest BCUT2D eigenvalue weighted by Gasteiger charge is -2.27. The predicted octanol–water partition coefficient (Wildman–Crippen LogP) is 3.47. The van der Waals surface area contributed by atoms with E-state index >= 15 is 0 Å². The molecular formula is C17H25NO. The Kier molecular flexibility index (Phi) is 4.19. The van der Waals surface area contributed by atoms with Crippen LogP contribution in [0.1, 0.15) is 49.8 Å². The van der Waals surface area contributed by atoms with Crippen molar-refractivity contribution in [1.82, 2.24) is 5.32 Å². The zero-order valence-corrected chi connectivity index (χ0v) is 11.9. The number of ether oxygens (including phenoxy) is 1. The summed E-state index contributed by atoms with van der Waals surface area (Å²) >= 11 is 0. The molecule has 1 fully saturated rings. The van der Waals surface area contributed by atoms with Gasteiger partial charge in [0.15, 0.2) is 0 Å². The van der Waals surface area contributed by atoms with E-state index in [-0.39, 0.29) is 0 Å². The fraction of sp³-hybridized carbons (Fsp3) is 0.647. The third-order valence-corrected chi connectivity index (χ3v) is 4.36. The Balaban J connectivity index is 1.78. The second kappa shape index (κ2) is 6.06. The number of likely N-dealkylation sites (N-methyl/N-ethyl adjacent to an activating group) is 1. The molecule has 0 heterocycles. The Bertz CT molecular complexity index is 413. The van der Waals surface area contributed by atoms with Gasteiger partial charge in [-0.2, -0.15) is 0 Å². The van der Waals surface area contributed by atoms with E-state index in [1.807, 2.05) is 0 Å². The van der Waals surface area contributed by atoms with E-state index in [0.717, 1.165) is 19.1 Å². The largest absolute Gasteiger partial charge is 0.376 e. The van der Waals surface area contributed by atoms with Gasteiger partial charge in [0.25, 0.3) is 0 Å². The molecule has 3 rings (SSSR count). The maximum absolute atomic E-state index is 6.25. The van der Waals surface area contributed by atoms with E-state index in [1.54, 1.807) is 0 Å². The first kappa shape index (κ1) is 13.1. The monoisotopic (exact) mass is 259 g/mol. The minimum Gasteiger partial charge on any atom is -0.376 e. The third kappa shape index (κ3) is 3.18. The first-order chi connectivity index (χ1) is 9.38. The van der Waals surface area contributed by atoms with Crippen LogP contribution in [0.5, 0.6) is 0 Å². The maximum Gasteiger partial charge on any atom is 0.0770 e. The molecule has 0 aliphatic heterocycles. The van der Waals surface area contributed by atoms with Crippen molar-refractivity contribution in [1.29, 1.82) is 0 Å². The van der Waals surface area contributed by atoms with Gasteiger partial charge in [-0.1, -0.05) is 31.2 Å². The second-order valence-corrected chi connectivity index (χ2v) is 5.94. The van der Waals surface area contributed by atoms with Gasteiger partial charge >= 0.3 is 0 Å². The number of benzene rings is 1. The standard InChI is InChI=1S/C17H25NO/c1-2-18-17-15-8-4-3-6-14(15)7-5-9-16(17)19-12-13-10-11-13/h3-4,6,8,13,16-18H,2,5,7,9-12H2,1H3. The zero-order chi connectivity index (χ0) is 13.1. The number of hydrogen-bond donors (Lipinski definition) is 1. The SMILES string of the molecule is CCNC1c2ccccc2CCCC1OCC1CC1. The average Bonchev–Trinajstić information content (AvgIpc) is 3.25. The Hall–Kier alpha value is -0.860. The summed E-state index contributed by atoms with van der Waals surface area (Å²) in [6.45, 7) is 4.16. The number of hydrogen-bond acceptors (Lipinski definition) is 2. The van der Waals surface area contributed by atoms with Crippen molar-refractivity contribution in [3.63, 3.8) is 0 Å². The fourth-order valence-corrected chi connectivity index (χ4v) is 3.11. The van der Waals surface area contributed by atoms with E-state index in [0.29, 0.717) is 12.1 Å². The van der Waals surface area contributed by atoms with Crippen molar-refractivity contribution in [2.24, 2.45) is 5.92 Å². The minimum atomic E-state index is 0.351. The van der Waals surface area contributed by atoms with Gasteiger partial charge in [0, 0.05) is 6.61 Å². The first-order valence-electron chi connectivity index (χ1n) is 7.81. The van der Waals surface area contributed by atoms with Crippen LogP contribution in [0.3, 0.4) is 0 Å². The molecule has 2 nitrogen and oxygen atoms in total. The van der Waals surface area contributed by atoms with Gasteiger partial charge in [0.05, 0.1) is 12.1 Å². The van der Waals surface area contributed by atoms with Crippen LogP contribution in [-0.4, -0.2) is 19.3 Å². The fourth-order valence-electron chi connectivity index (χ4n) is 3.11. The number of aryl methyl sites for hydroxylation is 1. The molecule has 104 valence electrons. The molecule has 19 heavy (non-hydrogen) atoms. The molecule has 2 aliphatic rings. The smallest absolute Gasteiger partial charge is 0.0770 e.